The zero-order valence-corrected chi connectivity index (χ0v) is 17.0. The molecule has 7 nitrogen and oxygen atoms in total. The van der Waals surface area contributed by atoms with Crippen molar-refractivity contribution in [1.82, 2.24) is 15.6 Å². The highest BCUT2D eigenvalue weighted by Gasteiger charge is 2.01. The number of nitrogens with zero attached hydrogens (tertiary/aromatic N) is 2. The fourth-order valence-electron chi connectivity index (χ4n) is 2.13. The van der Waals surface area contributed by atoms with Crippen molar-refractivity contribution in [3.05, 3.63) is 59.9 Å². The number of guanidine groups is 1. The predicted octanol–water partition coefficient (Wildman–Crippen LogP) is 1.47. The molecule has 0 aliphatic rings. The van der Waals surface area contributed by atoms with Crippen molar-refractivity contribution < 1.29 is 9.53 Å². The third-order valence-electron chi connectivity index (χ3n) is 3.40. The summed E-state index contributed by atoms with van der Waals surface area (Å²) in [6, 6.07) is 13.4. The first kappa shape index (κ1) is 21.7. The number of aliphatic imine (C=N–C) groups is 1. The molecular formula is C18H24IN5O2. The lowest BCUT2D eigenvalue weighted by atomic mass is 10.1. The van der Waals surface area contributed by atoms with Crippen molar-refractivity contribution in [2.45, 2.75) is 13.0 Å². The molecule has 0 aliphatic carbocycles. The van der Waals surface area contributed by atoms with Gasteiger partial charge in [-0.3, -0.25) is 14.8 Å². The highest BCUT2D eigenvalue weighted by molar-refractivity contribution is 14.0. The molecule has 0 saturated carbocycles. The van der Waals surface area contributed by atoms with E-state index in [9.17, 15) is 4.79 Å². The van der Waals surface area contributed by atoms with E-state index in [2.05, 4.69) is 20.6 Å². The summed E-state index contributed by atoms with van der Waals surface area (Å²) < 4.78 is 5.23. The van der Waals surface area contributed by atoms with Gasteiger partial charge in [0.1, 0.15) is 5.75 Å². The second-order valence-electron chi connectivity index (χ2n) is 5.32. The van der Waals surface area contributed by atoms with Crippen LogP contribution in [0.15, 0.2) is 53.7 Å². The minimum atomic E-state index is -0.488. The summed E-state index contributed by atoms with van der Waals surface area (Å²) in [5, 5.41) is 6.48. The Labute approximate surface area is 170 Å². The van der Waals surface area contributed by atoms with E-state index < -0.39 is 5.91 Å². The van der Waals surface area contributed by atoms with Gasteiger partial charge in [-0.1, -0.05) is 18.2 Å². The van der Waals surface area contributed by atoms with Gasteiger partial charge in [-0.05, 0) is 36.2 Å². The number of benzene rings is 1. The predicted molar refractivity (Wildman–Crippen MR) is 113 cm³/mol. The molecule has 0 spiro atoms. The summed E-state index contributed by atoms with van der Waals surface area (Å²) >= 11 is 0. The van der Waals surface area contributed by atoms with E-state index in [1.165, 1.54) is 0 Å². The van der Waals surface area contributed by atoms with E-state index in [1.807, 2.05) is 42.5 Å². The highest BCUT2D eigenvalue weighted by Crippen LogP contribution is 2.12. The van der Waals surface area contributed by atoms with Gasteiger partial charge in [0.15, 0.2) is 12.6 Å². The summed E-state index contributed by atoms with van der Waals surface area (Å²) in [5.41, 5.74) is 7.15. The van der Waals surface area contributed by atoms with Gasteiger partial charge in [-0.2, -0.15) is 0 Å². The quantitative estimate of drug-likeness (QED) is 0.309. The van der Waals surface area contributed by atoms with Crippen LogP contribution in [0.1, 0.15) is 11.3 Å². The number of carbonyl (C=O) groups excluding carboxylic acids is 1. The summed E-state index contributed by atoms with van der Waals surface area (Å²) in [6.07, 6.45) is 2.60. The largest absolute Gasteiger partial charge is 0.484 e. The summed E-state index contributed by atoms with van der Waals surface area (Å²) in [5.74, 6) is 0.869. The number of nitrogens with two attached hydrogens (primary N) is 1. The van der Waals surface area contributed by atoms with Crippen LogP contribution in [-0.4, -0.2) is 37.1 Å². The number of nitrogens with one attached hydrogen (secondary N) is 2. The van der Waals surface area contributed by atoms with Crippen LogP contribution in [0.4, 0.5) is 0 Å². The maximum atomic E-state index is 10.7. The van der Waals surface area contributed by atoms with Crippen LogP contribution in [0.3, 0.4) is 0 Å². The van der Waals surface area contributed by atoms with Gasteiger partial charge in [0, 0.05) is 19.8 Å². The van der Waals surface area contributed by atoms with Gasteiger partial charge in [0.05, 0.1) is 12.2 Å². The molecule has 140 valence electrons. The molecule has 0 aliphatic heterocycles. The van der Waals surface area contributed by atoms with Gasteiger partial charge in [0.2, 0.25) is 0 Å². The first-order chi connectivity index (χ1) is 12.2. The zero-order chi connectivity index (χ0) is 17.9. The van der Waals surface area contributed by atoms with Crippen LogP contribution < -0.4 is 21.1 Å². The number of primary amides is 1. The van der Waals surface area contributed by atoms with Crippen molar-refractivity contribution in [1.29, 1.82) is 0 Å². The minimum Gasteiger partial charge on any atom is -0.484 e. The third-order valence-corrected chi connectivity index (χ3v) is 3.40. The Morgan fingerprint density at radius 3 is 2.58 bits per heavy atom. The van der Waals surface area contributed by atoms with Crippen LogP contribution in [-0.2, 0) is 17.8 Å². The average molecular weight is 469 g/mol. The second kappa shape index (κ2) is 12.1. The Morgan fingerprint density at radius 1 is 1.19 bits per heavy atom. The Hall–Kier alpha value is -2.36. The van der Waals surface area contributed by atoms with E-state index >= 15 is 0 Å². The first-order valence-corrected chi connectivity index (χ1v) is 8.02. The Bertz CT molecular complexity index is 692. The average Bonchev–Trinajstić information content (AvgIpc) is 2.64. The molecule has 8 heteroatoms. The smallest absolute Gasteiger partial charge is 0.255 e. The molecule has 0 saturated heterocycles. The monoisotopic (exact) mass is 469 g/mol. The van der Waals surface area contributed by atoms with Crippen molar-refractivity contribution in [2.24, 2.45) is 10.7 Å². The molecule has 0 atom stereocenters. The molecule has 26 heavy (non-hydrogen) atoms. The maximum absolute atomic E-state index is 10.7. The molecule has 0 fully saturated rings. The van der Waals surface area contributed by atoms with Crippen molar-refractivity contribution >= 4 is 35.8 Å². The topological polar surface area (TPSA) is 102 Å². The normalized spacial score (nSPS) is 10.6. The van der Waals surface area contributed by atoms with Gasteiger partial charge in [-0.15, -0.1) is 24.0 Å². The molecular weight excluding hydrogens is 445 g/mol. The first-order valence-electron chi connectivity index (χ1n) is 8.02. The summed E-state index contributed by atoms with van der Waals surface area (Å²) in [4.78, 5) is 19.1. The molecule has 0 radical (unpaired) electrons. The fraction of sp³-hybridized carbons (Fsp3) is 0.278. The van der Waals surface area contributed by atoms with E-state index in [0.717, 1.165) is 30.2 Å². The van der Waals surface area contributed by atoms with Gasteiger partial charge in [0.25, 0.3) is 5.91 Å². The van der Waals surface area contributed by atoms with Crippen LogP contribution in [0, 0.1) is 0 Å². The summed E-state index contributed by atoms with van der Waals surface area (Å²) in [6.45, 7) is 1.25. The van der Waals surface area contributed by atoms with E-state index in [4.69, 9.17) is 10.5 Å². The van der Waals surface area contributed by atoms with Crippen LogP contribution in [0.5, 0.6) is 5.75 Å². The van der Waals surface area contributed by atoms with Crippen LogP contribution in [0.25, 0.3) is 0 Å². The Morgan fingerprint density at radius 2 is 1.96 bits per heavy atom. The van der Waals surface area contributed by atoms with Gasteiger partial charge in [-0.25, -0.2) is 0 Å². The molecule has 1 aromatic heterocycles. The number of ether oxygens (including phenoxy) is 1. The van der Waals surface area contributed by atoms with Crippen molar-refractivity contribution in [3.63, 3.8) is 0 Å². The minimum absolute atomic E-state index is 0. The van der Waals surface area contributed by atoms with Crippen molar-refractivity contribution in [2.75, 3.05) is 20.2 Å². The highest BCUT2D eigenvalue weighted by atomic mass is 127. The fourth-order valence-corrected chi connectivity index (χ4v) is 2.13. The number of pyridine rings is 1. The number of hydrogen-bond donors (Lipinski definition) is 3. The van der Waals surface area contributed by atoms with E-state index in [1.54, 1.807) is 13.2 Å². The van der Waals surface area contributed by atoms with Crippen LogP contribution >= 0.6 is 24.0 Å². The standard InChI is InChI=1S/C18H23N5O2.HI/c1-20-18(23-12-15-4-2-3-10-21-15)22-11-9-14-5-7-16(8-6-14)25-13-17(19)24;/h2-8,10H,9,11-13H2,1H3,(H2,19,24)(H2,20,22,23);1H. The third kappa shape index (κ3) is 8.15. The molecule has 2 rings (SSSR count). The van der Waals surface area contributed by atoms with Gasteiger partial charge >= 0.3 is 0 Å². The van der Waals surface area contributed by atoms with Crippen LogP contribution in [0.2, 0.25) is 0 Å². The maximum Gasteiger partial charge on any atom is 0.255 e. The number of rotatable bonds is 8. The molecule has 1 aromatic carbocycles. The van der Waals surface area contributed by atoms with E-state index in [-0.39, 0.29) is 30.6 Å². The SMILES string of the molecule is CN=C(NCCc1ccc(OCC(N)=O)cc1)NCc1ccccn1.I. The zero-order valence-electron chi connectivity index (χ0n) is 14.6. The lowest BCUT2D eigenvalue weighted by Crippen LogP contribution is -2.38. The second-order valence-corrected chi connectivity index (χ2v) is 5.32. The number of aromatic nitrogens is 1. The molecule has 4 N–H and O–H groups in total. The van der Waals surface area contributed by atoms with Gasteiger partial charge < -0.3 is 21.1 Å². The molecule has 1 heterocycles. The summed E-state index contributed by atoms with van der Waals surface area (Å²) in [7, 11) is 1.73. The number of halogens is 1. The number of hydrogen-bond acceptors (Lipinski definition) is 4. The number of carbonyl (C=O) groups is 1. The number of amides is 1. The lowest BCUT2D eigenvalue weighted by Gasteiger charge is -2.12. The molecule has 2 aromatic rings. The molecule has 0 bridgehead atoms. The molecule has 0 unspecified atom stereocenters. The van der Waals surface area contributed by atoms with E-state index in [0.29, 0.717) is 12.3 Å². The Balaban J connectivity index is 0.00000338. The van der Waals surface area contributed by atoms with Crippen molar-refractivity contribution in [3.8, 4) is 5.75 Å². The lowest BCUT2D eigenvalue weighted by molar-refractivity contribution is -0.119. The Kier molecular flexibility index (Phi) is 10.1. The molecule has 1 amide bonds.